The second-order valence-electron chi connectivity index (χ2n) is 6.74. The first-order chi connectivity index (χ1) is 13.9. The summed E-state index contributed by atoms with van der Waals surface area (Å²) in [5.41, 5.74) is 2.43. The molecule has 0 radical (unpaired) electrons. The van der Waals surface area contributed by atoms with E-state index in [9.17, 15) is 15.2 Å². The van der Waals surface area contributed by atoms with Gasteiger partial charge in [-0.3, -0.25) is 10.1 Å². The molecule has 2 N–H and O–H groups in total. The van der Waals surface area contributed by atoms with Crippen molar-refractivity contribution in [2.75, 3.05) is 11.9 Å². The number of halogens is 2. The zero-order valence-electron chi connectivity index (χ0n) is 15.2. The molecule has 0 fully saturated rings. The van der Waals surface area contributed by atoms with E-state index >= 15 is 0 Å². The van der Waals surface area contributed by atoms with E-state index in [1.54, 1.807) is 18.2 Å². The second kappa shape index (κ2) is 8.14. The number of hydrogen-bond donors (Lipinski definition) is 2. The van der Waals surface area contributed by atoms with Crippen molar-refractivity contribution >= 4 is 65.0 Å². The van der Waals surface area contributed by atoms with Crippen LogP contribution < -0.4 is 5.32 Å². The van der Waals surface area contributed by atoms with Gasteiger partial charge in [-0.15, -0.1) is 0 Å². The Morgan fingerprint density at radius 3 is 2.17 bits per heavy atom. The third kappa shape index (κ3) is 4.01. The lowest BCUT2D eigenvalue weighted by Crippen LogP contribution is -2.25. The van der Waals surface area contributed by atoms with Gasteiger partial charge in [0.15, 0.2) is 0 Å². The highest BCUT2D eigenvalue weighted by molar-refractivity contribution is 9.10. The van der Waals surface area contributed by atoms with Crippen LogP contribution >= 0.6 is 31.9 Å². The number of para-hydroxylation sites is 2. The van der Waals surface area contributed by atoms with Gasteiger partial charge in [0.05, 0.1) is 17.6 Å². The highest BCUT2D eigenvalue weighted by atomic mass is 79.9. The third-order valence-electron chi connectivity index (χ3n) is 4.81. The molecule has 1 aromatic heterocycles. The Labute approximate surface area is 183 Å². The number of benzene rings is 3. The van der Waals surface area contributed by atoms with Crippen molar-refractivity contribution in [1.82, 2.24) is 4.57 Å². The van der Waals surface area contributed by atoms with Crippen molar-refractivity contribution in [3.63, 3.8) is 0 Å². The smallest absolute Gasteiger partial charge is 0.292 e. The first kappa shape index (κ1) is 19.9. The highest BCUT2D eigenvalue weighted by Crippen LogP contribution is 2.33. The number of hydrogen-bond acceptors (Lipinski definition) is 4. The van der Waals surface area contributed by atoms with Crippen LogP contribution in [0.15, 0.2) is 69.6 Å². The number of aliphatic hydroxyl groups excluding tert-OH is 1. The molecule has 29 heavy (non-hydrogen) atoms. The second-order valence-corrected chi connectivity index (χ2v) is 8.57. The van der Waals surface area contributed by atoms with Gasteiger partial charge in [0.1, 0.15) is 5.69 Å². The number of fused-ring (bicyclic) bond motifs is 3. The molecular formula is C21H17Br2N3O3. The molecule has 0 aliphatic heterocycles. The monoisotopic (exact) mass is 517 g/mol. The van der Waals surface area contributed by atoms with Gasteiger partial charge in [-0.25, -0.2) is 0 Å². The molecule has 1 heterocycles. The van der Waals surface area contributed by atoms with Crippen LogP contribution in [0.1, 0.15) is 0 Å². The molecule has 0 aliphatic rings. The van der Waals surface area contributed by atoms with E-state index in [4.69, 9.17) is 0 Å². The van der Waals surface area contributed by atoms with Crippen LogP contribution in [0.3, 0.4) is 0 Å². The summed E-state index contributed by atoms with van der Waals surface area (Å²) < 4.78 is 4.06. The van der Waals surface area contributed by atoms with Gasteiger partial charge in [-0.2, -0.15) is 0 Å². The summed E-state index contributed by atoms with van der Waals surface area (Å²) in [4.78, 5) is 10.7. The van der Waals surface area contributed by atoms with Gasteiger partial charge in [0.2, 0.25) is 0 Å². The van der Waals surface area contributed by atoms with Crippen LogP contribution in [0.2, 0.25) is 0 Å². The maximum Gasteiger partial charge on any atom is 0.292 e. The van der Waals surface area contributed by atoms with Crippen molar-refractivity contribution < 1.29 is 10.0 Å². The summed E-state index contributed by atoms with van der Waals surface area (Å²) >= 11 is 7.06. The van der Waals surface area contributed by atoms with Gasteiger partial charge in [-0.05, 0) is 42.5 Å². The standard InChI is InChI=1S/C21H17Br2N3O3/c22-13-5-7-19-16(9-13)17-10-14(23)6-8-20(17)25(19)12-15(27)11-24-18-3-1-2-4-21(18)26(28)29/h1-10,15,24,27H,11-12H2. The van der Waals surface area contributed by atoms with Crippen LogP contribution in [0.25, 0.3) is 21.8 Å². The van der Waals surface area contributed by atoms with E-state index in [1.807, 2.05) is 24.3 Å². The Hall–Kier alpha value is -2.42. The highest BCUT2D eigenvalue weighted by Gasteiger charge is 2.16. The average molecular weight is 519 g/mol. The van der Waals surface area contributed by atoms with Gasteiger partial charge in [0.25, 0.3) is 5.69 Å². The molecule has 3 aromatic carbocycles. The lowest BCUT2D eigenvalue weighted by atomic mass is 10.2. The molecule has 0 bridgehead atoms. The maximum atomic E-state index is 11.2. The lowest BCUT2D eigenvalue weighted by molar-refractivity contribution is -0.384. The topological polar surface area (TPSA) is 80.3 Å². The number of nitro groups is 1. The molecule has 1 atom stereocenters. The molecule has 0 spiro atoms. The Kier molecular flexibility index (Phi) is 5.58. The van der Waals surface area contributed by atoms with Crippen molar-refractivity contribution in [3.05, 3.63) is 79.7 Å². The molecule has 0 saturated carbocycles. The molecule has 4 rings (SSSR count). The van der Waals surface area contributed by atoms with Crippen LogP contribution in [0, 0.1) is 10.1 Å². The predicted octanol–water partition coefficient (Wildman–Crippen LogP) is 5.70. The molecule has 148 valence electrons. The van der Waals surface area contributed by atoms with Crippen LogP contribution in [0.4, 0.5) is 11.4 Å². The number of anilines is 1. The molecule has 1 unspecified atom stereocenters. The van der Waals surface area contributed by atoms with E-state index in [1.165, 1.54) is 6.07 Å². The number of nitro benzene ring substituents is 1. The normalized spacial score (nSPS) is 12.4. The first-order valence-corrected chi connectivity index (χ1v) is 10.5. The largest absolute Gasteiger partial charge is 0.389 e. The van der Waals surface area contributed by atoms with Crippen LogP contribution in [0.5, 0.6) is 0 Å². The van der Waals surface area contributed by atoms with Crippen molar-refractivity contribution in [2.45, 2.75) is 12.6 Å². The van der Waals surface area contributed by atoms with Crippen LogP contribution in [-0.2, 0) is 6.54 Å². The number of nitrogens with zero attached hydrogens (tertiary/aromatic N) is 2. The van der Waals surface area contributed by atoms with E-state index < -0.39 is 11.0 Å². The van der Waals surface area contributed by atoms with E-state index in [0.29, 0.717) is 12.2 Å². The van der Waals surface area contributed by atoms with Gasteiger partial charge < -0.3 is 15.0 Å². The molecule has 8 heteroatoms. The summed E-state index contributed by atoms with van der Waals surface area (Å²) in [6, 6.07) is 18.6. The van der Waals surface area contributed by atoms with Gasteiger partial charge in [0, 0.05) is 43.4 Å². The van der Waals surface area contributed by atoms with Crippen molar-refractivity contribution in [2.24, 2.45) is 0 Å². The number of rotatable bonds is 6. The average Bonchev–Trinajstić information content (AvgIpc) is 2.98. The fraction of sp³-hybridized carbons (Fsp3) is 0.143. The quantitative estimate of drug-likeness (QED) is 0.253. The minimum Gasteiger partial charge on any atom is -0.389 e. The van der Waals surface area contributed by atoms with E-state index in [2.05, 4.69) is 53.9 Å². The van der Waals surface area contributed by atoms with E-state index in [-0.39, 0.29) is 12.2 Å². The summed E-state index contributed by atoms with van der Waals surface area (Å²) in [7, 11) is 0. The fourth-order valence-electron chi connectivity index (χ4n) is 3.53. The Balaban J connectivity index is 1.63. The zero-order chi connectivity index (χ0) is 20.5. The molecule has 0 aliphatic carbocycles. The molecular weight excluding hydrogens is 502 g/mol. The minimum atomic E-state index is -0.735. The number of aliphatic hydroxyl groups is 1. The minimum absolute atomic E-state index is 0.00809. The number of nitrogens with one attached hydrogen (secondary N) is 1. The zero-order valence-corrected chi connectivity index (χ0v) is 18.4. The van der Waals surface area contributed by atoms with Crippen molar-refractivity contribution in [3.8, 4) is 0 Å². The van der Waals surface area contributed by atoms with E-state index in [0.717, 1.165) is 30.8 Å². The predicted molar refractivity (Wildman–Crippen MR) is 122 cm³/mol. The third-order valence-corrected chi connectivity index (χ3v) is 5.80. The first-order valence-electron chi connectivity index (χ1n) is 8.96. The summed E-state index contributed by atoms with van der Waals surface area (Å²) in [5.74, 6) is 0. The molecule has 6 nitrogen and oxygen atoms in total. The molecule has 0 saturated heterocycles. The summed E-state index contributed by atoms with van der Waals surface area (Å²) in [5, 5.41) is 27.0. The van der Waals surface area contributed by atoms with Crippen LogP contribution in [-0.4, -0.2) is 27.2 Å². The Morgan fingerprint density at radius 2 is 1.59 bits per heavy atom. The number of aromatic nitrogens is 1. The lowest BCUT2D eigenvalue weighted by Gasteiger charge is -2.15. The Bertz CT molecular complexity index is 1160. The fourth-order valence-corrected chi connectivity index (χ4v) is 4.25. The van der Waals surface area contributed by atoms with Crippen molar-refractivity contribution in [1.29, 1.82) is 0 Å². The maximum absolute atomic E-state index is 11.2. The Morgan fingerprint density at radius 1 is 1.00 bits per heavy atom. The van der Waals surface area contributed by atoms with Gasteiger partial charge >= 0.3 is 0 Å². The summed E-state index contributed by atoms with van der Waals surface area (Å²) in [6.45, 7) is 0.552. The molecule has 0 amide bonds. The summed E-state index contributed by atoms with van der Waals surface area (Å²) in [6.07, 6.45) is -0.735. The SMILES string of the molecule is O=[N+]([O-])c1ccccc1NCC(O)Cn1c2ccc(Br)cc2c2cc(Br)ccc21. The molecule has 4 aromatic rings. The van der Waals surface area contributed by atoms with Gasteiger partial charge in [-0.1, -0.05) is 44.0 Å².